The van der Waals surface area contributed by atoms with Gasteiger partial charge in [-0.1, -0.05) is 42.5 Å². The Balaban J connectivity index is 0.00000408. The lowest BCUT2D eigenvalue weighted by molar-refractivity contribution is -0.142. The average Bonchev–Trinajstić information content (AvgIpc) is 2.98. The Kier molecular flexibility index (Phi) is 10.8. The summed E-state index contributed by atoms with van der Waals surface area (Å²) >= 11 is 1.57. The number of fused-ring (bicyclic) bond motifs is 1. The highest BCUT2D eigenvalue weighted by atomic mass is 35.5. The van der Waals surface area contributed by atoms with E-state index in [1.165, 1.54) is 4.90 Å². The number of nitrogens with one attached hydrogen (secondary N) is 1. The highest BCUT2D eigenvalue weighted by Gasteiger charge is 2.47. The zero-order chi connectivity index (χ0) is 23.7. The van der Waals surface area contributed by atoms with Crippen molar-refractivity contribution in [2.45, 2.75) is 24.3 Å². The van der Waals surface area contributed by atoms with Crippen LogP contribution in [0, 0.1) is 5.41 Å². The number of carbonyl (C=O) groups is 3. The third-order valence-corrected chi connectivity index (χ3v) is 6.64. The summed E-state index contributed by atoms with van der Waals surface area (Å²) in [4.78, 5) is 41.5. The molecule has 34 heavy (non-hydrogen) atoms. The van der Waals surface area contributed by atoms with Crippen molar-refractivity contribution in [1.82, 2.24) is 5.32 Å². The second-order valence-corrected chi connectivity index (χ2v) is 8.96. The number of para-hydroxylation sites is 1. The Morgan fingerprint density at radius 3 is 2.53 bits per heavy atom. The van der Waals surface area contributed by atoms with Gasteiger partial charge in [-0.3, -0.25) is 14.4 Å². The molecule has 3 amide bonds. The van der Waals surface area contributed by atoms with Crippen molar-refractivity contribution in [3.63, 3.8) is 0 Å². The molecule has 1 atom stereocenters. The van der Waals surface area contributed by atoms with Crippen LogP contribution in [0.1, 0.15) is 18.4 Å². The largest absolute Gasteiger partial charge is 0.377 e. The summed E-state index contributed by atoms with van der Waals surface area (Å²) in [7, 11) is 0. The van der Waals surface area contributed by atoms with Gasteiger partial charge in [-0.2, -0.15) is 0 Å². The second kappa shape index (κ2) is 13.3. The molecule has 1 aliphatic rings. The van der Waals surface area contributed by atoms with Crippen molar-refractivity contribution in [1.29, 1.82) is 0 Å². The van der Waals surface area contributed by atoms with Crippen LogP contribution in [0.25, 0.3) is 0 Å². The Labute approximate surface area is 210 Å². The first kappa shape index (κ1) is 27.7. The topological polar surface area (TPSA) is 128 Å². The van der Waals surface area contributed by atoms with Gasteiger partial charge in [-0.25, -0.2) is 0 Å². The third kappa shape index (κ3) is 6.73. The molecule has 0 saturated carbocycles. The number of nitrogens with two attached hydrogens (primary N) is 2. The van der Waals surface area contributed by atoms with Crippen LogP contribution in [0.5, 0.6) is 0 Å². The normalized spacial score (nSPS) is 14.9. The molecule has 0 saturated heterocycles. The molecule has 2 aromatic carbocycles. The molecule has 0 aromatic heterocycles. The molecule has 0 fully saturated rings. The quantitative estimate of drug-likeness (QED) is 0.316. The predicted molar refractivity (Wildman–Crippen MR) is 136 cm³/mol. The van der Waals surface area contributed by atoms with Crippen molar-refractivity contribution in [2.75, 3.05) is 36.9 Å². The molecule has 0 bridgehead atoms. The number of halogens is 1. The van der Waals surface area contributed by atoms with Gasteiger partial charge in [0.1, 0.15) is 5.41 Å². The molecule has 3 rings (SSSR count). The molecule has 8 nitrogen and oxygen atoms in total. The summed E-state index contributed by atoms with van der Waals surface area (Å²) in [6.07, 6.45) is 0.327. The third-order valence-electron chi connectivity index (χ3n) is 5.58. The summed E-state index contributed by atoms with van der Waals surface area (Å²) in [6, 6.07) is 17.1. The number of carbonyl (C=O) groups excluding carboxylic acids is 3. The van der Waals surface area contributed by atoms with E-state index < -0.39 is 17.2 Å². The summed E-state index contributed by atoms with van der Waals surface area (Å²) in [5, 5.41) is 2.69. The summed E-state index contributed by atoms with van der Waals surface area (Å²) in [5.74, 6) is -0.890. The fourth-order valence-corrected chi connectivity index (χ4v) is 4.70. The van der Waals surface area contributed by atoms with Crippen molar-refractivity contribution in [2.24, 2.45) is 16.9 Å². The molecule has 0 aliphatic carbocycles. The van der Waals surface area contributed by atoms with Gasteiger partial charge in [0.2, 0.25) is 17.7 Å². The minimum Gasteiger partial charge on any atom is -0.377 e. The number of anilines is 1. The van der Waals surface area contributed by atoms with Crippen molar-refractivity contribution >= 4 is 47.6 Å². The standard InChI is InChI=1S/C24H30N4O4S.ClH/c25-12-13-27-23(31)24(22(26)30,11-14-32-16-18-6-2-1-3-7-18)17-28-19-8-4-5-9-20(19)33-15-10-21(28)29;/h1-9H,10-17,25H2,(H2,26,30)(H,27,31);1H/t24-;/m1./s1. The zero-order valence-electron chi connectivity index (χ0n) is 18.9. The second-order valence-electron chi connectivity index (χ2n) is 7.83. The molecule has 184 valence electrons. The molecule has 0 spiro atoms. The van der Waals surface area contributed by atoms with Crippen LogP contribution in [-0.4, -0.2) is 49.7 Å². The van der Waals surface area contributed by atoms with Gasteiger partial charge in [-0.05, 0) is 24.1 Å². The Morgan fingerprint density at radius 1 is 1.12 bits per heavy atom. The van der Waals surface area contributed by atoms with E-state index in [2.05, 4.69) is 5.32 Å². The lowest BCUT2D eigenvalue weighted by atomic mass is 9.81. The van der Waals surface area contributed by atoms with Gasteiger partial charge in [-0.15, -0.1) is 24.2 Å². The van der Waals surface area contributed by atoms with Crippen LogP contribution in [0.15, 0.2) is 59.5 Å². The van der Waals surface area contributed by atoms with Crippen LogP contribution in [-0.2, 0) is 25.7 Å². The first-order valence-electron chi connectivity index (χ1n) is 10.9. The van der Waals surface area contributed by atoms with Gasteiger partial charge >= 0.3 is 0 Å². The lowest BCUT2D eigenvalue weighted by Gasteiger charge is -2.35. The molecule has 2 aromatic rings. The highest BCUT2D eigenvalue weighted by Crippen LogP contribution is 2.37. The molecular weight excluding hydrogens is 476 g/mol. The first-order valence-corrected chi connectivity index (χ1v) is 11.9. The van der Waals surface area contributed by atoms with E-state index in [-0.39, 0.29) is 51.0 Å². The van der Waals surface area contributed by atoms with Crippen molar-refractivity contribution in [3.05, 3.63) is 60.2 Å². The summed E-state index contributed by atoms with van der Waals surface area (Å²) in [5.41, 5.74) is 11.4. The number of rotatable bonds is 11. The number of benzene rings is 2. The number of ether oxygens (including phenoxy) is 1. The van der Waals surface area contributed by atoms with E-state index in [0.29, 0.717) is 24.5 Å². The maximum atomic E-state index is 13.2. The first-order chi connectivity index (χ1) is 16.0. The van der Waals surface area contributed by atoms with Crippen LogP contribution in [0.2, 0.25) is 0 Å². The van der Waals surface area contributed by atoms with Crippen LogP contribution in [0.4, 0.5) is 5.69 Å². The van der Waals surface area contributed by atoms with Crippen LogP contribution < -0.4 is 21.7 Å². The number of hydrogen-bond donors (Lipinski definition) is 3. The minimum atomic E-state index is -1.66. The zero-order valence-corrected chi connectivity index (χ0v) is 20.5. The van der Waals surface area contributed by atoms with Crippen LogP contribution in [0.3, 0.4) is 0 Å². The molecule has 10 heteroatoms. The average molecular weight is 507 g/mol. The van der Waals surface area contributed by atoms with Gasteiger partial charge in [0.25, 0.3) is 0 Å². The Hall–Kier alpha value is -2.59. The van der Waals surface area contributed by atoms with Crippen molar-refractivity contribution < 1.29 is 19.1 Å². The number of nitrogens with zero attached hydrogens (tertiary/aromatic N) is 1. The fraction of sp³-hybridized carbons (Fsp3) is 0.375. The van der Waals surface area contributed by atoms with E-state index in [9.17, 15) is 14.4 Å². The smallest absolute Gasteiger partial charge is 0.237 e. The number of amides is 3. The lowest BCUT2D eigenvalue weighted by Crippen LogP contribution is -2.57. The van der Waals surface area contributed by atoms with Gasteiger partial charge in [0, 0.05) is 43.3 Å². The molecular formula is C24H31ClN4O4S. The number of thioether (sulfide) groups is 1. The fourth-order valence-electron chi connectivity index (χ4n) is 3.71. The van der Waals surface area contributed by atoms with Gasteiger partial charge in [0.05, 0.1) is 12.3 Å². The highest BCUT2D eigenvalue weighted by molar-refractivity contribution is 7.99. The Morgan fingerprint density at radius 2 is 1.82 bits per heavy atom. The molecule has 5 N–H and O–H groups in total. The van der Waals surface area contributed by atoms with E-state index in [1.54, 1.807) is 11.8 Å². The predicted octanol–water partition coefficient (Wildman–Crippen LogP) is 2.09. The van der Waals surface area contributed by atoms with E-state index >= 15 is 0 Å². The SMILES string of the molecule is Cl.NCCNC(=O)[C@](CCOCc1ccccc1)(CN1C(=O)CCSc2ccccc21)C(N)=O. The maximum absolute atomic E-state index is 13.2. The van der Waals surface area contributed by atoms with Gasteiger partial charge < -0.3 is 26.4 Å². The van der Waals surface area contributed by atoms with Gasteiger partial charge in [0.15, 0.2) is 0 Å². The minimum absolute atomic E-state index is 0. The monoisotopic (exact) mass is 506 g/mol. The molecule has 1 aliphatic heterocycles. The number of primary amides is 1. The van der Waals surface area contributed by atoms with E-state index in [0.717, 1.165) is 10.5 Å². The van der Waals surface area contributed by atoms with E-state index in [4.69, 9.17) is 16.2 Å². The summed E-state index contributed by atoms with van der Waals surface area (Å²) in [6.45, 7) is 0.699. The maximum Gasteiger partial charge on any atom is 0.237 e. The number of hydrogen-bond acceptors (Lipinski definition) is 6. The molecule has 1 heterocycles. The molecule has 0 radical (unpaired) electrons. The Bertz CT molecular complexity index is 978. The molecule has 0 unspecified atom stereocenters. The van der Waals surface area contributed by atoms with Crippen molar-refractivity contribution in [3.8, 4) is 0 Å². The summed E-state index contributed by atoms with van der Waals surface area (Å²) < 4.78 is 5.77. The van der Waals surface area contributed by atoms with E-state index in [1.807, 2.05) is 54.6 Å². The van der Waals surface area contributed by atoms with Crippen LogP contribution >= 0.6 is 24.2 Å².